The van der Waals surface area contributed by atoms with E-state index >= 15 is 0 Å². The highest BCUT2D eigenvalue weighted by molar-refractivity contribution is 9.10. The second-order valence-corrected chi connectivity index (χ2v) is 9.02. The van der Waals surface area contributed by atoms with Gasteiger partial charge in [-0.25, -0.2) is 9.79 Å². The van der Waals surface area contributed by atoms with E-state index in [1.807, 2.05) is 48.5 Å². The lowest BCUT2D eigenvalue weighted by molar-refractivity contribution is -0.139. The number of ether oxygens (including phenoxy) is 2. The van der Waals surface area contributed by atoms with Crippen molar-refractivity contribution in [3.63, 3.8) is 0 Å². The second-order valence-electron chi connectivity index (χ2n) is 7.10. The largest absolute Gasteiger partial charge is 0.496 e. The molecule has 0 unspecified atom stereocenters. The third kappa shape index (κ3) is 4.08. The average molecular weight is 513 g/mol. The van der Waals surface area contributed by atoms with Crippen LogP contribution >= 0.6 is 27.3 Å². The number of methoxy groups -OCH3 is 1. The number of hydrogen-bond donors (Lipinski definition) is 0. The first-order valence-electron chi connectivity index (χ1n) is 10.0. The van der Waals surface area contributed by atoms with Crippen LogP contribution in [0.2, 0.25) is 0 Å². The lowest BCUT2D eigenvalue weighted by Gasteiger charge is -2.24. The summed E-state index contributed by atoms with van der Waals surface area (Å²) in [5, 5.41) is 0. The van der Waals surface area contributed by atoms with Gasteiger partial charge in [0.2, 0.25) is 0 Å². The lowest BCUT2D eigenvalue weighted by Crippen LogP contribution is -2.39. The first-order chi connectivity index (χ1) is 15.4. The minimum absolute atomic E-state index is 0.220. The van der Waals surface area contributed by atoms with E-state index in [9.17, 15) is 9.59 Å². The Morgan fingerprint density at radius 3 is 2.62 bits per heavy atom. The molecule has 6 nitrogen and oxygen atoms in total. The molecule has 0 bridgehead atoms. The third-order valence-corrected chi connectivity index (χ3v) is 6.64. The van der Waals surface area contributed by atoms with E-state index in [-0.39, 0.29) is 12.2 Å². The van der Waals surface area contributed by atoms with E-state index in [4.69, 9.17) is 9.47 Å². The topological polar surface area (TPSA) is 69.9 Å². The number of para-hydroxylation sites is 1. The second kappa shape index (κ2) is 9.26. The van der Waals surface area contributed by atoms with Crippen molar-refractivity contribution in [2.24, 2.45) is 4.99 Å². The molecule has 3 aromatic rings. The fraction of sp³-hybridized carbons (Fsp3) is 0.208. The highest BCUT2D eigenvalue weighted by Gasteiger charge is 2.33. The third-order valence-electron chi connectivity index (χ3n) is 5.13. The Bertz CT molecular complexity index is 1390. The molecule has 0 aliphatic carbocycles. The molecule has 2 aromatic carbocycles. The van der Waals surface area contributed by atoms with Gasteiger partial charge in [0.15, 0.2) is 4.80 Å². The van der Waals surface area contributed by atoms with Gasteiger partial charge >= 0.3 is 5.97 Å². The molecule has 1 aliphatic rings. The summed E-state index contributed by atoms with van der Waals surface area (Å²) < 4.78 is 13.7. The zero-order chi connectivity index (χ0) is 22.8. The first-order valence-corrected chi connectivity index (χ1v) is 11.6. The molecule has 1 atom stereocenters. The summed E-state index contributed by atoms with van der Waals surface area (Å²) in [5.74, 6) is 0.201. The van der Waals surface area contributed by atoms with E-state index in [1.54, 1.807) is 31.6 Å². The predicted octanol–water partition coefficient (Wildman–Crippen LogP) is 3.57. The van der Waals surface area contributed by atoms with Gasteiger partial charge in [-0.05, 0) is 43.7 Å². The molecule has 0 amide bonds. The number of thiazole rings is 1. The number of esters is 1. The van der Waals surface area contributed by atoms with Gasteiger partial charge in [0.25, 0.3) is 5.56 Å². The molecule has 4 rings (SSSR count). The summed E-state index contributed by atoms with van der Waals surface area (Å²) in [6, 6.07) is 14.4. The van der Waals surface area contributed by atoms with Crippen molar-refractivity contribution in [3.8, 4) is 5.75 Å². The maximum Gasteiger partial charge on any atom is 0.338 e. The molecule has 0 saturated heterocycles. The summed E-state index contributed by atoms with van der Waals surface area (Å²) >= 11 is 4.73. The summed E-state index contributed by atoms with van der Waals surface area (Å²) in [5.41, 5.74) is 2.28. The Labute approximate surface area is 197 Å². The van der Waals surface area contributed by atoms with Crippen LogP contribution in [0.1, 0.15) is 31.0 Å². The van der Waals surface area contributed by atoms with Crippen molar-refractivity contribution in [1.82, 2.24) is 4.57 Å². The smallest absolute Gasteiger partial charge is 0.338 e. The van der Waals surface area contributed by atoms with Crippen LogP contribution in [0.15, 0.2) is 74.1 Å². The fourth-order valence-corrected chi connectivity index (χ4v) is 4.98. The predicted molar refractivity (Wildman–Crippen MR) is 128 cm³/mol. The van der Waals surface area contributed by atoms with Crippen molar-refractivity contribution in [3.05, 3.63) is 95.1 Å². The average Bonchev–Trinajstić information content (AvgIpc) is 3.08. The van der Waals surface area contributed by atoms with Crippen molar-refractivity contribution in [2.75, 3.05) is 13.7 Å². The fourth-order valence-electron chi connectivity index (χ4n) is 3.68. The Morgan fingerprint density at radius 1 is 1.22 bits per heavy atom. The zero-order valence-electron chi connectivity index (χ0n) is 17.8. The Balaban J connectivity index is 1.97. The number of carbonyl (C=O) groups excluding carboxylic acids is 1. The molecule has 1 aliphatic heterocycles. The van der Waals surface area contributed by atoms with E-state index in [2.05, 4.69) is 20.9 Å². The first kappa shape index (κ1) is 22.2. The van der Waals surface area contributed by atoms with Crippen molar-refractivity contribution in [1.29, 1.82) is 0 Å². The number of nitrogens with zero attached hydrogens (tertiary/aromatic N) is 2. The molecule has 0 fully saturated rings. The Hall–Kier alpha value is -2.97. The number of rotatable bonds is 5. The molecular weight excluding hydrogens is 492 g/mol. The highest BCUT2D eigenvalue weighted by Crippen LogP contribution is 2.31. The van der Waals surface area contributed by atoms with Crippen LogP contribution in [0.4, 0.5) is 0 Å². The number of benzene rings is 2. The van der Waals surface area contributed by atoms with Crippen LogP contribution in [0.5, 0.6) is 5.75 Å². The molecule has 0 saturated carbocycles. The molecule has 164 valence electrons. The lowest BCUT2D eigenvalue weighted by atomic mass is 9.96. The van der Waals surface area contributed by atoms with Gasteiger partial charge in [-0.2, -0.15) is 0 Å². The molecule has 1 aromatic heterocycles. The quantitative estimate of drug-likeness (QED) is 0.490. The van der Waals surface area contributed by atoms with E-state index in [0.29, 0.717) is 26.4 Å². The minimum atomic E-state index is -0.627. The van der Waals surface area contributed by atoms with Crippen LogP contribution in [-0.4, -0.2) is 24.3 Å². The Morgan fingerprint density at radius 2 is 1.94 bits per heavy atom. The SMILES string of the molecule is CCOC(=O)C1=C(C)N=c2s/c(=C\c3ccccc3OC)c(=O)n2[C@@H]1c1ccc(Br)cc1. The number of halogens is 1. The number of aromatic nitrogens is 1. The maximum atomic E-state index is 13.6. The number of allylic oxidation sites excluding steroid dienone is 1. The van der Waals surface area contributed by atoms with E-state index in [1.165, 1.54) is 11.3 Å². The van der Waals surface area contributed by atoms with Crippen LogP contribution in [0.25, 0.3) is 6.08 Å². The minimum Gasteiger partial charge on any atom is -0.496 e. The van der Waals surface area contributed by atoms with Gasteiger partial charge in [0.05, 0.1) is 35.6 Å². The van der Waals surface area contributed by atoms with Gasteiger partial charge in [-0.15, -0.1) is 0 Å². The summed E-state index contributed by atoms with van der Waals surface area (Å²) in [6.45, 7) is 3.77. The molecule has 0 N–H and O–H groups in total. The van der Waals surface area contributed by atoms with Crippen LogP contribution in [0, 0.1) is 0 Å². The summed E-state index contributed by atoms with van der Waals surface area (Å²) in [6.07, 6.45) is 1.80. The highest BCUT2D eigenvalue weighted by atomic mass is 79.9. The normalized spacial score (nSPS) is 15.9. The monoisotopic (exact) mass is 512 g/mol. The van der Waals surface area contributed by atoms with Gasteiger partial charge in [0, 0.05) is 10.0 Å². The molecule has 2 heterocycles. The van der Waals surface area contributed by atoms with Crippen LogP contribution in [0.3, 0.4) is 0 Å². The molecule has 32 heavy (non-hydrogen) atoms. The Kier molecular flexibility index (Phi) is 6.43. The van der Waals surface area contributed by atoms with Crippen LogP contribution in [-0.2, 0) is 9.53 Å². The molecule has 8 heteroatoms. The van der Waals surface area contributed by atoms with Gasteiger partial charge in [-0.3, -0.25) is 9.36 Å². The maximum absolute atomic E-state index is 13.6. The number of carbonyl (C=O) groups is 1. The van der Waals surface area contributed by atoms with Crippen LogP contribution < -0.4 is 19.6 Å². The van der Waals surface area contributed by atoms with Gasteiger partial charge in [-0.1, -0.05) is 57.6 Å². The number of hydrogen-bond acceptors (Lipinski definition) is 6. The van der Waals surface area contributed by atoms with Gasteiger partial charge in [0.1, 0.15) is 5.75 Å². The van der Waals surface area contributed by atoms with Crippen molar-refractivity contribution < 1.29 is 14.3 Å². The van der Waals surface area contributed by atoms with Gasteiger partial charge < -0.3 is 9.47 Å². The summed E-state index contributed by atoms with van der Waals surface area (Å²) in [7, 11) is 1.59. The molecular formula is C24H21BrN2O4S. The summed E-state index contributed by atoms with van der Waals surface area (Å²) in [4.78, 5) is 31.6. The standard InChI is InChI=1S/C24H21BrN2O4S/c1-4-31-23(29)20-14(2)26-24-27(21(20)15-9-11-17(25)12-10-15)22(28)19(32-24)13-16-7-5-6-8-18(16)30-3/h5-13,21H,4H2,1-3H3/b19-13-/t21-/m1/s1. The van der Waals surface area contributed by atoms with Crippen molar-refractivity contribution >= 4 is 39.3 Å². The molecule has 0 radical (unpaired) electrons. The van der Waals surface area contributed by atoms with E-state index < -0.39 is 12.0 Å². The zero-order valence-corrected chi connectivity index (χ0v) is 20.2. The van der Waals surface area contributed by atoms with E-state index in [0.717, 1.165) is 15.6 Å². The van der Waals surface area contributed by atoms with Crippen molar-refractivity contribution in [2.45, 2.75) is 19.9 Å². The number of fused-ring (bicyclic) bond motifs is 1. The molecule has 0 spiro atoms.